The number of nitrogens with one attached hydrogen (secondary N) is 3. The van der Waals surface area contributed by atoms with E-state index in [1.54, 1.807) is 0 Å². The number of carbonyl (C=O) groups is 3. The first-order valence-corrected chi connectivity index (χ1v) is 10.9. The van der Waals surface area contributed by atoms with Gasteiger partial charge in [0.2, 0.25) is 5.91 Å². The molecule has 7 nitrogen and oxygen atoms in total. The van der Waals surface area contributed by atoms with Gasteiger partial charge in [-0.1, -0.05) is 54.9 Å². The Balaban J connectivity index is 5.34. The van der Waals surface area contributed by atoms with Crippen molar-refractivity contribution in [3.05, 3.63) is 0 Å². The zero-order valence-corrected chi connectivity index (χ0v) is 19.8. The van der Waals surface area contributed by atoms with Gasteiger partial charge in [-0.15, -0.1) is 0 Å². The lowest BCUT2D eigenvalue weighted by Gasteiger charge is -2.36. The topological polar surface area (TPSA) is 113 Å². The van der Waals surface area contributed by atoms with Crippen LogP contribution in [0.15, 0.2) is 0 Å². The van der Waals surface area contributed by atoms with E-state index in [-0.39, 0.29) is 29.2 Å². The Labute approximate surface area is 177 Å². The minimum atomic E-state index is -0.598. The predicted molar refractivity (Wildman–Crippen MR) is 119 cm³/mol. The molecule has 0 aliphatic rings. The summed E-state index contributed by atoms with van der Waals surface area (Å²) in [5.41, 5.74) is 4.39. The number of primary amides is 1. The molecule has 3 unspecified atom stereocenters. The summed E-state index contributed by atoms with van der Waals surface area (Å²) in [6.45, 7) is 16.3. The molecule has 0 radical (unpaired) electrons. The maximum absolute atomic E-state index is 13.1. The molecule has 0 aromatic carbocycles. The molecule has 3 amide bonds. The van der Waals surface area contributed by atoms with Crippen molar-refractivity contribution in [3.8, 4) is 0 Å². The van der Waals surface area contributed by atoms with E-state index in [0.29, 0.717) is 19.4 Å². The lowest BCUT2D eigenvalue weighted by molar-refractivity contribution is -0.134. The number of nitrogens with two attached hydrogens (primary N) is 1. The summed E-state index contributed by atoms with van der Waals surface area (Å²) in [5.74, 6) is -0.0832. The minimum Gasteiger partial charge on any atom is -0.352 e. The Kier molecular flexibility index (Phi) is 11.5. The Hall–Kier alpha value is -1.63. The second kappa shape index (κ2) is 12.2. The molecule has 0 aromatic heterocycles. The summed E-state index contributed by atoms with van der Waals surface area (Å²) < 4.78 is 0. The number of hydrogen-bond acceptors (Lipinski definition) is 4. The maximum atomic E-state index is 13.1. The van der Waals surface area contributed by atoms with E-state index in [4.69, 9.17) is 5.73 Å². The maximum Gasteiger partial charge on any atom is 0.312 e. The summed E-state index contributed by atoms with van der Waals surface area (Å²) in [6.07, 6.45) is 3.93. The van der Waals surface area contributed by atoms with Gasteiger partial charge in [-0.05, 0) is 38.5 Å². The van der Waals surface area contributed by atoms with Crippen LogP contribution in [-0.4, -0.2) is 41.9 Å². The standard InChI is InChI=1S/C22H44N4O3/c1-9-13-22(8,10-2)26-17(15(3)4)19(28)25-16(18(27)21(5,6)7)12-11-14-24-20(23)29/h15-17,26H,9-14H2,1-8H3,(H,25,28)(H3,23,24,29). The van der Waals surface area contributed by atoms with Crippen LogP contribution < -0.4 is 21.7 Å². The molecule has 3 atom stereocenters. The lowest BCUT2D eigenvalue weighted by atomic mass is 9.84. The molecule has 170 valence electrons. The zero-order chi connectivity index (χ0) is 22.8. The number of ketones is 1. The van der Waals surface area contributed by atoms with E-state index in [1.807, 2.05) is 34.6 Å². The zero-order valence-electron chi connectivity index (χ0n) is 19.8. The quantitative estimate of drug-likeness (QED) is 0.348. The predicted octanol–water partition coefficient (Wildman–Crippen LogP) is 3.12. The molecule has 0 aliphatic carbocycles. The van der Waals surface area contributed by atoms with E-state index < -0.39 is 17.5 Å². The fraction of sp³-hybridized carbons (Fsp3) is 0.864. The highest BCUT2D eigenvalue weighted by molar-refractivity contribution is 5.93. The summed E-state index contributed by atoms with van der Waals surface area (Å²) >= 11 is 0. The second-order valence-corrected chi connectivity index (χ2v) is 9.64. The molecule has 0 fully saturated rings. The molecule has 0 saturated carbocycles. The normalized spacial score (nSPS) is 16.0. The fourth-order valence-electron chi connectivity index (χ4n) is 3.38. The van der Waals surface area contributed by atoms with Gasteiger partial charge in [0.15, 0.2) is 5.78 Å². The summed E-state index contributed by atoms with van der Waals surface area (Å²) in [7, 11) is 0. The van der Waals surface area contributed by atoms with Gasteiger partial charge in [0.05, 0.1) is 12.1 Å². The molecule has 0 rings (SSSR count). The van der Waals surface area contributed by atoms with E-state index in [1.165, 1.54) is 0 Å². The van der Waals surface area contributed by atoms with Gasteiger partial charge in [-0.3, -0.25) is 9.59 Å². The first kappa shape index (κ1) is 27.4. The van der Waals surface area contributed by atoms with Gasteiger partial charge in [0.1, 0.15) is 0 Å². The highest BCUT2D eigenvalue weighted by Crippen LogP contribution is 2.21. The third-order valence-corrected chi connectivity index (χ3v) is 5.38. The van der Waals surface area contributed by atoms with Crippen molar-refractivity contribution in [2.24, 2.45) is 17.1 Å². The van der Waals surface area contributed by atoms with E-state index in [0.717, 1.165) is 19.3 Å². The second-order valence-electron chi connectivity index (χ2n) is 9.64. The van der Waals surface area contributed by atoms with Crippen molar-refractivity contribution < 1.29 is 14.4 Å². The average Bonchev–Trinajstić information content (AvgIpc) is 2.60. The first-order chi connectivity index (χ1) is 13.3. The summed E-state index contributed by atoms with van der Waals surface area (Å²) in [6, 6.07) is -1.57. The summed E-state index contributed by atoms with van der Waals surface area (Å²) in [4.78, 5) is 36.9. The SMILES string of the molecule is CCCC(C)(CC)NC(C(=O)NC(CCCNC(N)=O)C(=O)C(C)(C)C)C(C)C. The number of urea groups is 1. The van der Waals surface area contributed by atoms with Crippen LogP contribution in [0.4, 0.5) is 4.79 Å². The average molecular weight is 413 g/mol. The first-order valence-electron chi connectivity index (χ1n) is 10.9. The van der Waals surface area contributed by atoms with Crippen LogP contribution >= 0.6 is 0 Å². The number of Topliss-reactive ketones (excluding diaryl/α,β-unsaturated/α-hetero) is 1. The number of rotatable bonds is 13. The monoisotopic (exact) mass is 412 g/mol. The molecule has 0 aromatic rings. The van der Waals surface area contributed by atoms with Gasteiger partial charge in [0, 0.05) is 17.5 Å². The van der Waals surface area contributed by atoms with E-state index in [9.17, 15) is 14.4 Å². The molecule has 0 saturated heterocycles. The highest BCUT2D eigenvalue weighted by Gasteiger charge is 2.35. The van der Waals surface area contributed by atoms with Crippen molar-refractivity contribution >= 4 is 17.7 Å². The molecule has 29 heavy (non-hydrogen) atoms. The molecule has 7 heteroatoms. The Morgan fingerprint density at radius 3 is 2.03 bits per heavy atom. The van der Waals surface area contributed by atoms with Crippen LogP contribution in [0.3, 0.4) is 0 Å². The molecule has 0 bridgehead atoms. The van der Waals surface area contributed by atoms with Crippen LogP contribution in [0.5, 0.6) is 0 Å². The van der Waals surface area contributed by atoms with Gasteiger partial charge in [-0.2, -0.15) is 0 Å². The molecule has 0 heterocycles. The van der Waals surface area contributed by atoms with Crippen LogP contribution in [0.2, 0.25) is 0 Å². The highest BCUT2D eigenvalue weighted by atomic mass is 16.2. The Morgan fingerprint density at radius 2 is 1.62 bits per heavy atom. The largest absolute Gasteiger partial charge is 0.352 e. The number of hydrogen-bond donors (Lipinski definition) is 4. The fourth-order valence-corrected chi connectivity index (χ4v) is 3.38. The molecule has 0 aliphatic heterocycles. The number of amides is 3. The summed E-state index contributed by atoms with van der Waals surface area (Å²) in [5, 5.41) is 9.06. The van der Waals surface area contributed by atoms with Crippen LogP contribution in [-0.2, 0) is 9.59 Å². The number of carbonyl (C=O) groups excluding carboxylic acids is 3. The van der Waals surface area contributed by atoms with Crippen molar-refractivity contribution in [2.75, 3.05) is 6.54 Å². The Bertz CT molecular complexity index is 543. The molecular weight excluding hydrogens is 368 g/mol. The van der Waals surface area contributed by atoms with E-state index >= 15 is 0 Å². The van der Waals surface area contributed by atoms with Crippen LogP contribution in [0.1, 0.15) is 87.5 Å². The van der Waals surface area contributed by atoms with Gasteiger partial charge >= 0.3 is 6.03 Å². The van der Waals surface area contributed by atoms with Crippen molar-refractivity contribution in [1.29, 1.82) is 0 Å². The van der Waals surface area contributed by atoms with Gasteiger partial charge in [0.25, 0.3) is 0 Å². The molecule has 0 spiro atoms. The van der Waals surface area contributed by atoms with E-state index in [2.05, 4.69) is 36.7 Å². The Morgan fingerprint density at radius 1 is 1.03 bits per heavy atom. The minimum absolute atomic E-state index is 0.0146. The van der Waals surface area contributed by atoms with Crippen molar-refractivity contribution in [1.82, 2.24) is 16.0 Å². The van der Waals surface area contributed by atoms with Crippen LogP contribution in [0, 0.1) is 11.3 Å². The lowest BCUT2D eigenvalue weighted by Crippen LogP contribution is -2.59. The van der Waals surface area contributed by atoms with Crippen molar-refractivity contribution in [3.63, 3.8) is 0 Å². The van der Waals surface area contributed by atoms with Crippen LogP contribution in [0.25, 0.3) is 0 Å². The van der Waals surface area contributed by atoms with Gasteiger partial charge < -0.3 is 21.7 Å². The van der Waals surface area contributed by atoms with Crippen molar-refractivity contribution in [2.45, 2.75) is 105 Å². The van der Waals surface area contributed by atoms with Gasteiger partial charge in [-0.25, -0.2) is 4.79 Å². The smallest absolute Gasteiger partial charge is 0.312 e. The third-order valence-electron chi connectivity index (χ3n) is 5.38. The molecular formula is C22H44N4O3. The molecule has 5 N–H and O–H groups in total. The third kappa shape index (κ3) is 10.1.